The summed E-state index contributed by atoms with van der Waals surface area (Å²) in [6.07, 6.45) is 67.4. The van der Waals surface area contributed by atoms with E-state index in [1.165, 1.54) is 96.3 Å². The maximum atomic E-state index is 13.2. The van der Waals surface area contributed by atoms with Crippen LogP contribution in [0.1, 0.15) is 213 Å². The topological polar surface area (TPSA) is 95.9 Å². The van der Waals surface area contributed by atoms with Crippen molar-refractivity contribution < 1.29 is 24.5 Å². The maximum Gasteiger partial charge on any atom is 0.306 e. The van der Waals surface area contributed by atoms with E-state index in [0.717, 1.165) is 70.6 Å². The number of unbranched alkanes of at least 4 members (excludes halogenated alkanes) is 19. The number of hydrogen-bond donors (Lipinski definition) is 3. The number of aliphatic hydroxyl groups is 2. The molecular weight excluding hydrogens is 779 g/mol. The van der Waals surface area contributed by atoms with Gasteiger partial charge in [-0.3, -0.25) is 9.59 Å². The van der Waals surface area contributed by atoms with Crippen LogP contribution in [0.2, 0.25) is 0 Å². The van der Waals surface area contributed by atoms with Crippen LogP contribution in [-0.2, 0) is 14.3 Å². The van der Waals surface area contributed by atoms with Gasteiger partial charge in [0.15, 0.2) is 0 Å². The normalized spacial score (nSPS) is 14.2. The first-order valence-corrected chi connectivity index (χ1v) is 25.7. The molecule has 6 nitrogen and oxygen atoms in total. The van der Waals surface area contributed by atoms with Crippen molar-refractivity contribution in [2.45, 2.75) is 232 Å². The van der Waals surface area contributed by atoms with E-state index in [-0.39, 0.29) is 24.9 Å². The van der Waals surface area contributed by atoms with Crippen LogP contribution < -0.4 is 5.32 Å². The van der Waals surface area contributed by atoms with Gasteiger partial charge in [-0.05, 0) is 64.2 Å². The number of ether oxygens (including phenoxy) is 1. The summed E-state index contributed by atoms with van der Waals surface area (Å²) in [5, 5.41) is 23.7. The third-order valence-electron chi connectivity index (χ3n) is 11.0. The molecule has 0 fully saturated rings. The minimum Gasteiger partial charge on any atom is -0.461 e. The van der Waals surface area contributed by atoms with Gasteiger partial charge in [-0.15, -0.1) is 0 Å². The van der Waals surface area contributed by atoms with E-state index in [4.69, 9.17) is 4.74 Å². The molecular formula is C57H95NO5. The third kappa shape index (κ3) is 44.9. The van der Waals surface area contributed by atoms with E-state index in [9.17, 15) is 19.8 Å². The van der Waals surface area contributed by atoms with Gasteiger partial charge in [-0.25, -0.2) is 0 Å². The number of allylic oxidation sites excluding steroid dienone is 17. The molecule has 0 radical (unpaired) electrons. The van der Waals surface area contributed by atoms with Gasteiger partial charge in [-0.2, -0.15) is 0 Å². The Morgan fingerprint density at radius 2 is 0.937 bits per heavy atom. The van der Waals surface area contributed by atoms with Crippen molar-refractivity contribution in [3.8, 4) is 0 Å². The van der Waals surface area contributed by atoms with Crippen LogP contribution in [0.3, 0.4) is 0 Å². The Morgan fingerprint density at radius 3 is 1.44 bits per heavy atom. The molecule has 0 aromatic rings. The van der Waals surface area contributed by atoms with Gasteiger partial charge >= 0.3 is 5.97 Å². The highest BCUT2D eigenvalue weighted by Crippen LogP contribution is 2.16. The molecule has 0 aromatic carbocycles. The van der Waals surface area contributed by atoms with E-state index in [1.54, 1.807) is 0 Å². The lowest BCUT2D eigenvalue weighted by Crippen LogP contribution is -2.46. The summed E-state index contributed by atoms with van der Waals surface area (Å²) in [6, 6.07) is -0.753. The molecule has 0 aromatic heterocycles. The molecule has 0 aliphatic heterocycles. The molecule has 0 bridgehead atoms. The molecule has 0 saturated heterocycles. The smallest absolute Gasteiger partial charge is 0.306 e. The van der Waals surface area contributed by atoms with Crippen LogP contribution in [0.5, 0.6) is 0 Å². The van der Waals surface area contributed by atoms with Crippen molar-refractivity contribution in [1.82, 2.24) is 5.32 Å². The zero-order chi connectivity index (χ0) is 45.9. The number of rotatable bonds is 44. The van der Waals surface area contributed by atoms with Gasteiger partial charge in [0.1, 0.15) is 6.10 Å². The monoisotopic (exact) mass is 874 g/mol. The second kappa shape index (κ2) is 49.5. The standard InChI is InChI=1S/C57H95NO5/c1-4-7-10-13-16-19-22-24-26-27-28-29-30-32-35-38-41-44-47-50-57(62)63-53(48-45-42-39-36-33-21-18-15-12-9-6-3)51-56(61)58-54(52-59)55(60)49-46-43-40-37-34-31-25-23-20-17-14-11-8-5-2/h9,12,15-16,18-19,21,24,26,28-29,32-33,35-36,39,42,45,53-55,59-60H,4-8,10-11,13-14,17,20,22-23,25,27,30-31,34,37-38,40-41,43-44,46-52H2,1-3H3,(H,58,61)/b12-9+,18-15+,19-16-,26-24-,29-28-,33-21-,35-32-,39-36-,45-42+. The molecule has 3 unspecified atom stereocenters. The molecule has 0 spiro atoms. The van der Waals surface area contributed by atoms with E-state index in [2.05, 4.69) is 80.8 Å². The molecule has 1 amide bonds. The number of aliphatic hydroxyl groups excluding tert-OH is 2. The lowest BCUT2D eigenvalue weighted by Gasteiger charge is -2.24. The predicted octanol–water partition coefficient (Wildman–Crippen LogP) is 15.5. The van der Waals surface area contributed by atoms with Crippen LogP contribution in [-0.4, -0.2) is 46.9 Å². The molecule has 63 heavy (non-hydrogen) atoms. The summed E-state index contributed by atoms with van der Waals surface area (Å²) in [4.78, 5) is 26.0. The number of nitrogens with one attached hydrogen (secondary N) is 1. The molecule has 6 heteroatoms. The minimum absolute atomic E-state index is 0.0378. The maximum absolute atomic E-state index is 13.2. The Balaban J connectivity index is 4.70. The van der Waals surface area contributed by atoms with Crippen molar-refractivity contribution in [1.29, 1.82) is 0 Å². The summed E-state index contributed by atoms with van der Waals surface area (Å²) in [7, 11) is 0. The Morgan fingerprint density at radius 1 is 0.508 bits per heavy atom. The van der Waals surface area contributed by atoms with Gasteiger partial charge in [0, 0.05) is 12.8 Å². The van der Waals surface area contributed by atoms with Gasteiger partial charge in [0.25, 0.3) is 0 Å². The fraction of sp³-hybridized carbons (Fsp3) is 0.649. The quantitative estimate of drug-likeness (QED) is 0.0245. The van der Waals surface area contributed by atoms with Crippen LogP contribution in [0.4, 0.5) is 0 Å². The molecule has 0 aliphatic rings. The molecule has 0 aliphatic carbocycles. The highest BCUT2D eigenvalue weighted by molar-refractivity contribution is 5.77. The second-order valence-electron chi connectivity index (χ2n) is 17.0. The average Bonchev–Trinajstić information content (AvgIpc) is 3.28. The summed E-state index contributed by atoms with van der Waals surface area (Å²) in [6.45, 7) is 6.25. The van der Waals surface area contributed by atoms with E-state index < -0.39 is 18.2 Å². The van der Waals surface area contributed by atoms with Gasteiger partial charge in [-0.1, -0.05) is 239 Å². The first-order valence-electron chi connectivity index (χ1n) is 25.7. The van der Waals surface area contributed by atoms with Gasteiger partial charge < -0.3 is 20.3 Å². The first-order chi connectivity index (χ1) is 31.0. The molecule has 0 saturated carbocycles. The number of amides is 1. The Kier molecular flexibility index (Phi) is 46.8. The number of carbonyl (C=O) groups excluding carboxylic acids is 2. The van der Waals surface area contributed by atoms with E-state index in [0.29, 0.717) is 19.3 Å². The number of carbonyl (C=O) groups is 2. The largest absolute Gasteiger partial charge is 0.461 e. The van der Waals surface area contributed by atoms with Crippen LogP contribution >= 0.6 is 0 Å². The number of esters is 1. The van der Waals surface area contributed by atoms with Crippen molar-refractivity contribution >= 4 is 11.9 Å². The summed E-state index contributed by atoms with van der Waals surface area (Å²) in [5.74, 6) is -0.653. The van der Waals surface area contributed by atoms with Crippen LogP contribution in [0, 0.1) is 0 Å². The Hall–Kier alpha value is -3.48. The minimum atomic E-state index is -0.830. The summed E-state index contributed by atoms with van der Waals surface area (Å²) >= 11 is 0. The number of hydrogen-bond acceptors (Lipinski definition) is 5. The first kappa shape index (κ1) is 59.5. The molecule has 358 valence electrons. The molecule has 0 heterocycles. The van der Waals surface area contributed by atoms with Crippen molar-refractivity contribution in [3.63, 3.8) is 0 Å². The predicted molar refractivity (Wildman–Crippen MR) is 273 cm³/mol. The lowest BCUT2D eigenvalue weighted by atomic mass is 10.0. The Labute approximate surface area is 388 Å². The van der Waals surface area contributed by atoms with E-state index >= 15 is 0 Å². The van der Waals surface area contributed by atoms with Crippen molar-refractivity contribution in [3.05, 3.63) is 109 Å². The van der Waals surface area contributed by atoms with Crippen LogP contribution in [0.25, 0.3) is 0 Å². The summed E-state index contributed by atoms with van der Waals surface area (Å²) in [5.41, 5.74) is 0. The third-order valence-corrected chi connectivity index (χ3v) is 11.0. The van der Waals surface area contributed by atoms with Crippen LogP contribution in [0.15, 0.2) is 109 Å². The average molecular weight is 874 g/mol. The van der Waals surface area contributed by atoms with Gasteiger partial charge in [0.05, 0.1) is 25.2 Å². The van der Waals surface area contributed by atoms with Crippen molar-refractivity contribution in [2.24, 2.45) is 0 Å². The zero-order valence-electron chi connectivity index (χ0n) is 40.7. The molecule has 3 N–H and O–H groups in total. The SMILES string of the molecule is CC/C=C/C=C/C=C\C=C/C=C/CC(CC(=O)NC(CO)C(O)CCCCCCCCCCCCCCCC)OC(=O)CCCCC/C=C\C/C=C\C/C=C\C/C=C\CCCCC. The van der Waals surface area contributed by atoms with E-state index in [1.807, 2.05) is 54.7 Å². The van der Waals surface area contributed by atoms with Crippen molar-refractivity contribution in [2.75, 3.05) is 6.61 Å². The lowest BCUT2D eigenvalue weighted by molar-refractivity contribution is -0.150. The highest BCUT2D eigenvalue weighted by atomic mass is 16.5. The Bertz CT molecular complexity index is 1300. The second-order valence-corrected chi connectivity index (χ2v) is 17.0. The van der Waals surface area contributed by atoms with Gasteiger partial charge in [0.2, 0.25) is 5.91 Å². The fourth-order valence-corrected chi connectivity index (χ4v) is 7.08. The molecule has 0 rings (SSSR count). The molecule has 3 atom stereocenters. The summed E-state index contributed by atoms with van der Waals surface area (Å²) < 4.78 is 5.82. The zero-order valence-corrected chi connectivity index (χ0v) is 40.7. The highest BCUT2D eigenvalue weighted by Gasteiger charge is 2.23. The fourth-order valence-electron chi connectivity index (χ4n) is 7.08.